The fraction of sp³-hybridized carbons (Fsp3) is 0.0833. The number of fused-ring (bicyclic) bond motifs is 1. The molecule has 0 saturated heterocycles. The van der Waals surface area contributed by atoms with Gasteiger partial charge in [0.1, 0.15) is 10.8 Å². The minimum absolute atomic E-state index is 0.112. The number of pyridine rings is 2. The Morgan fingerprint density at radius 1 is 1.14 bits per heavy atom. The van der Waals surface area contributed by atoms with Crippen molar-refractivity contribution in [2.45, 2.75) is 16.4 Å². The van der Waals surface area contributed by atoms with Crippen molar-refractivity contribution in [1.82, 2.24) is 19.6 Å². The molecule has 2 N–H and O–H groups in total. The van der Waals surface area contributed by atoms with Crippen LogP contribution >= 0.6 is 11.8 Å². The highest BCUT2D eigenvalue weighted by Gasteiger charge is 2.31. The van der Waals surface area contributed by atoms with E-state index in [0.29, 0.717) is 10.8 Å². The fourth-order valence-corrected chi connectivity index (χ4v) is 2.58. The summed E-state index contributed by atoms with van der Waals surface area (Å²) in [5.41, 5.74) is 5.19. The molecule has 0 amide bonds. The number of hydrogen-bond donors (Lipinski definition) is 1. The van der Waals surface area contributed by atoms with Crippen LogP contribution in [0.25, 0.3) is 5.65 Å². The van der Waals surface area contributed by atoms with Crippen molar-refractivity contribution in [1.29, 1.82) is 0 Å². The zero-order valence-corrected chi connectivity index (χ0v) is 11.2. The van der Waals surface area contributed by atoms with E-state index in [1.807, 2.05) is 0 Å². The maximum Gasteiger partial charge on any atom is 0.416 e. The van der Waals surface area contributed by atoms with E-state index in [2.05, 4.69) is 15.2 Å². The number of rotatable bonds is 2. The third-order valence-electron chi connectivity index (χ3n) is 2.63. The molecule has 0 bridgehead atoms. The monoisotopic (exact) mass is 311 g/mol. The molecular formula is C12H8F3N5S. The standard InChI is InChI=1S/C12H8F3N5S/c13-12(14,15)7-5-8(16)17-10(6-7)21-11-19-18-9-3-1-2-4-20(9)11/h1-6H,(H2,16,17). The molecule has 9 heteroatoms. The minimum Gasteiger partial charge on any atom is -0.384 e. The summed E-state index contributed by atoms with van der Waals surface area (Å²) in [4.78, 5) is 3.89. The molecule has 0 aliphatic heterocycles. The molecule has 0 fully saturated rings. The first-order valence-corrected chi connectivity index (χ1v) is 6.57. The van der Waals surface area contributed by atoms with Gasteiger partial charge < -0.3 is 5.73 Å². The van der Waals surface area contributed by atoms with Gasteiger partial charge in [-0.1, -0.05) is 6.07 Å². The predicted molar refractivity (Wildman–Crippen MR) is 70.8 cm³/mol. The van der Waals surface area contributed by atoms with Crippen LogP contribution in [0.15, 0.2) is 46.7 Å². The van der Waals surface area contributed by atoms with Crippen LogP contribution < -0.4 is 5.73 Å². The van der Waals surface area contributed by atoms with Crippen molar-refractivity contribution >= 4 is 23.2 Å². The Hall–Kier alpha value is -2.29. The van der Waals surface area contributed by atoms with Crippen LogP contribution in [0.5, 0.6) is 0 Å². The van der Waals surface area contributed by atoms with Gasteiger partial charge in [0.2, 0.25) is 5.16 Å². The Morgan fingerprint density at radius 3 is 2.71 bits per heavy atom. The van der Waals surface area contributed by atoms with Gasteiger partial charge in [0.15, 0.2) is 5.65 Å². The van der Waals surface area contributed by atoms with Gasteiger partial charge in [0.25, 0.3) is 0 Å². The van der Waals surface area contributed by atoms with Gasteiger partial charge in [-0.2, -0.15) is 13.2 Å². The smallest absolute Gasteiger partial charge is 0.384 e. The summed E-state index contributed by atoms with van der Waals surface area (Å²) in [5.74, 6) is -0.193. The van der Waals surface area contributed by atoms with Crippen LogP contribution in [0, 0.1) is 0 Å². The molecule has 3 heterocycles. The number of halogens is 3. The molecule has 0 spiro atoms. The largest absolute Gasteiger partial charge is 0.416 e. The summed E-state index contributed by atoms with van der Waals surface area (Å²) in [6, 6.07) is 7.04. The number of aromatic nitrogens is 4. The molecule has 3 aromatic heterocycles. The lowest BCUT2D eigenvalue weighted by molar-refractivity contribution is -0.137. The van der Waals surface area contributed by atoms with E-state index < -0.39 is 11.7 Å². The molecule has 3 rings (SSSR count). The van der Waals surface area contributed by atoms with E-state index in [1.54, 1.807) is 28.8 Å². The molecular weight excluding hydrogens is 303 g/mol. The van der Waals surface area contributed by atoms with E-state index >= 15 is 0 Å². The lowest BCUT2D eigenvalue weighted by Gasteiger charge is -2.08. The lowest BCUT2D eigenvalue weighted by Crippen LogP contribution is -2.07. The maximum absolute atomic E-state index is 12.8. The average molecular weight is 311 g/mol. The Labute approximate surface area is 121 Å². The normalized spacial score (nSPS) is 12.0. The molecule has 0 aliphatic carbocycles. The van der Waals surface area contributed by atoms with Crippen molar-refractivity contribution in [3.8, 4) is 0 Å². The second-order valence-electron chi connectivity index (χ2n) is 4.13. The summed E-state index contributed by atoms with van der Waals surface area (Å²) in [7, 11) is 0. The van der Waals surface area contributed by atoms with Crippen molar-refractivity contribution < 1.29 is 13.2 Å². The second kappa shape index (κ2) is 4.92. The van der Waals surface area contributed by atoms with E-state index in [4.69, 9.17) is 5.73 Å². The van der Waals surface area contributed by atoms with Gasteiger partial charge in [-0.15, -0.1) is 10.2 Å². The van der Waals surface area contributed by atoms with Crippen molar-refractivity contribution in [3.05, 3.63) is 42.1 Å². The Kier molecular flexibility index (Phi) is 3.20. The van der Waals surface area contributed by atoms with Crippen LogP contribution in [0.1, 0.15) is 5.56 Å². The molecule has 3 aromatic rings. The minimum atomic E-state index is -4.47. The zero-order chi connectivity index (χ0) is 15.0. The zero-order valence-electron chi connectivity index (χ0n) is 10.4. The number of nitrogens with two attached hydrogens (primary N) is 1. The molecule has 108 valence electrons. The highest BCUT2D eigenvalue weighted by Crippen LogP contribution is 2.34. The van der Waals surface area contributed by atoms with Crippen LogP contribution in [-0.2, 0) is 6.18 Å². The Bertz CT molecular complexity index is 799. The first kappa shape index (κ1) is 13.7. The van der Waals surface area contributed by atoms with Crippen LogP contribution in [0.4, 0.5) is 19.0 Å². The molecule has 0 aromatic carbocycles. The number of nitrogens with zero attached hydrogens (tertiary/aromatic N) is 4. The Balaban J connectivity index is 2.00. The molecule has 0 unspecified atom stereocenters. The van der Waals surface area contributed by atoms with E-state index in [-0.39, 0.29) is 10.8 Å². The third-order valence-corrected chi connectivity index (χ3v) is 3.51. The highest BCUT2D eigenvalue weighted by molar-refractivity contribution is 7.99. The molecule has 0 saturated carbocycles. The SMILES string of the molecule is Nc1cc(C(F)(F)F)cc(Sc2nnc3ccccn23)n1. The molecule has 0 aliphatic rings. The average Bonchev–Trinajstić information content (AvgIpc) is 2.81. The summed E-state index contributed by atoms with van der Waals surface area (Å²) in [6.45, 7) is 0. The van der Waals surface area contributed by atoms with Crippen molar-refractivity contribution in [3.63, 3.8) is 0 Å². The topological polar surface area (TPSA) is 69.1 Å². The summed E-state index contributed by atoms with van der Waals surface area (Å²) < 4.78 is 39.9. The van der Waals surface area contributed by atoms with Crippen molar-refractivity contribution in [2.24, 2.45) is 0 Å². The predicted octanol–water partition coefficient (Wildman–Crippen LogP) is 2.88. The molecule has 21 heavy (non-hydrogen) atoms. The van der Waals surface area contributed by atoms with Gasteiger partial charge in [0, 0.05) is 6.20 Å². The maximum atomic E-state index is 12.8. The first-order valence-electron chi connectivity index (χ1n) is 5.76. The quantitative estimate of drug-likeness (QED) is 0.788. The second-order valence-corrected chi connectivity index (χ2v) is 5.12. The highest BCUT2D eigenvalue weighted by atomic mass is 32.2. The molecule has 0 atom stereocenters. The number of nitrogen functional groups attached to an aromatic ring is 1. The first-order chi connectivity index (χ1) is 9.93. The van der Waals surface area contributed by atoms with E-state index in [1.165, 1.54) is 0 Å². The van der Waals surface area contributed by atoms with Crippen LogP contribution in [0.2, 0.25) is 0 Å². The summed E-state index contributed by atoms with van der Waals surface area (Å²) in [6.07, 6.45) is -2.76. The third kappa shape index (κ3) is 2.77. The van der Waals surface area contributed by atoms with E-state index in [9.17, 15) is 13.2 Å². The summed E-state index contributed by atoms with van der Waals surface area (Å²) >= 11 is 0.966. The lowest BCUT2D eigenvalue weighted by atomic mass is 10.2. The van der Waals surface area contributed by atoms with Gasteiger partial charge >= 0.3 is 6.18 Å². The summed E-state index contributed by atoms with van der Waals surface area (Å²) in [5, 5.41) is 8.37. The van der Waals surface area contributed by atoms with Gasteiger partial charge in [-0.05, 0) is 36.0 Å². The number of alkyl halides is 3. The number of anilines is 1. The Morgan fingerprint density at radius 2 is 1.95 bits per heavy atom. The van der Waals surface area contributed by atoms with Crippen LogP contribution in [-0.4, -0.2) is 19.6 Å². The van der Waals surface area contributed by atoms with Gasteiger partial charge in [0.05, 0.1) is 5.56 Å². The van der Waals surface area contributed by atoms with Crippen molar-refractivity contribution in [2.75, 3.05) is 5.73 Å². The number of hydrogen-bond acceptors (Lipinski definition) is 5. The molecule has 5 nitrogen and oxygen atoms in total. The molecule has 0 radical (unpaired) electrons. The van der Waals surface area contributed by atoms with Gasteiger partial charge in [-0.3, -0.25) is 4.40 Å². The fourth-order valence-electron chi connectivity index (χ4n) is 1.72. The van der Waals surface area contributed by atoms with Crippen LogP contribution in [0.3, 0.4) is 0 Å². The van der Waals surface area contributed by atoms with Gasteiger partial charge in [-0.25, -0.2) is 4.98 Å². The van der Waals surface area contributed by atoms with E-state index in [0.717, 1.165) is 23.9 Å².